The molecule has 0 amide bonds. The van der Waals surface area contributed by atoms with Crippen molar-refractivity contribution in [2.45, 2.75) is 18.9 Å². The predicted molar refractivity (Wildman–Crippen MR) is 66.2 cm³/mol. The molecule has 1 aliphatic heterocycles. The number of fused-ring (bicyclic) bond motifs is 1. The Morgan fingerprint density at radius 3 is 3.00 bits per heavy atom. The molecule has 2 rings (SSSR count). The highest BCUT2D eigenvalue weighted by molar-refractivity contribution is 5.85. The van der Waals surface area contributed by atoms with Gasteiger partial charge in [-0.05, 0) is 18.9 Å². The lowest BCUT2D eigenvalue weighted by molar-refractivity contribution is 0.173. The number of allylic oxidation sites excluding steroid dienone is 1. The van der Waals surface area contributed by atoms with E-state index in [9.17, 15) is 0 Å². The summed E-state index contributed by atoms with van der Waals surface area (Å²) in [5, 5.41) is 0. The van der Waals surface area contributed by atoms with Gasteiger partial charge in [-0.25, -0.2) is 0 Å². The molecule has 1 aromatic carbocycles. The van der Waals surface area contributed by atoms with Gasteiger partial charge in [0.25, 0.3) is 0 Å². The zero-order valence-electron chi connectivity index (χ0n) is 9.02. The number of hydrogen-bond acceptors (Lipinski definition) is 3. The minimum atomic E-state index is -0.0142. The van der Waals surface area contributed by atoms with Crippen molar-refractivity contribution < 1.29 is 9.47 Å². The van der Waals surface area contributed by atoms with Crippen LogP contribution < -0.4 is 15.2 Å². The van der Waals surface area contributed by atoms with Gasteiger partial charge in [0.2, 0.25) is 6.79 Å². The third-order valence-electron chi connectivity index (χ3n) is 2.51. The van der Waals surface area contributed by atoms with E-state index in [1.807, 2.05) is 24.3 Å². The van der Waals surface area contributed by atoms with Gasteiger partial charge in [-0.15, -0.1) is 19.0 Å². The van der Waals surface area contributed by atoms with Crippen LogP contribution in [0.5, 0.6) is 11.5 Å². The molecule has 1 atom stereocenters. The van der Waals surface area contributed by atoms with Crippen LogP contribution in [0, 0.1) is 0 Å². The van der Waals surface area contributed by atoms with E-state index < -0.39 is 0 Å². The first kappa shape index (κ1) is 12.9. The molecular formula is C12H16ClNO2. The molecule has 16 heavy (non-hydrogen) atoms. The first-order valence-electron chi connectivity index (χ1n) is 5.08. The molecule has 0 saturated carbocycles. The number of halogens is 1. The van der Waals surface area contributed by atoms with Crippen LogP contribution in [-0.4, -0.2) is 6.79 Å². The Morgan fingerprint density at radius 1 is 1.44 bits per heavy atom. The average molecular weight is 242 g/mol. The topological polar surface area (TPSA) is 44.5 Å². The van der Waals surface area contributed by atoms with Crippen molar-refractivity contribution in [2.75, 3.05) is 6.79 Å². The van der Waals surface area contributed by atoms with Gasteiger partial charge in [0.1, 0.15) is 0 Å². The summed E-state index contributed by atoms with van der Waals surface area (Å²) in [6, 6.07) is 5.81. The van der Waals surface area contributed by atoms with Crippen molar-refractivity contribution in [3.8, 4) is 11.5 Å². The third kappa shape index (κ3) is 2.49. The fraction of sp³-hybridized carbons (Fsp3) is 0.333. The summed E-state index contributed by atoms with van der Waals surface area (Å²) in [6.45, 7) is 3.98. The summed E-state index contributed by atoms with van der Waals surface area (Å²) < 4.78 is 10.7. The Kier molecular flexibility index (Phi) is 4.65. The number of hydrogen-bond donors (Lipinski definition) is 1. The molecule has 0 unspecified atom stereocenters. The van der Waals surface area contributed by atoms with Crippen LogP contribution in [0.3, 0.4) is 0 Å². The molecule has 0 bridgehead atoms. The van der Waals surface area contributed by atoms with Crippen molar-refractivity contribution in [2.24, 2.45) is 5.73 Å². The summed E-state index contributed by atoms with van der Waals surface area (Å²) in [5.41, 5.74) is 7.09. The standard InChI is InChI=1S/C12H15NO2.ClH/c1-2-3-6-10(13)9-5-4-7-11-12(9)15-8-14-11;/h2,4-5,7,10H,1,3,6,8,13H2;1H/t10-;/m0./s1. The molecule has 0 aromatic heterocycles. The monoisotopic (exact) mass is 241 g/mol. The third-order valence-corrected chi connectivity index (χ3v) is 2.51. The van der Waals surface area contributed by atoms with Crippen LogP contribution in [-0.2, 0) is 0 Å². The average Bonchev–Trinajstić information content (AvgIpc) is 2.73. The Balaban J connectivity index is 0.00000128. The molecular weight excluding hydrogens is 226 g/mol. The molecule has 1 heterocycles. The minimum absolute atomic E-state index is 0. The van der Waals surface area contributed by atoms with Crippen molar-refractivity contribution in [1.82, 2.24) is 0 Å². The highest BCUT2D eigenvalue weighted by Crippen LogP contribution is 2.38. The number of ether oxygens (including phenoxy) is 2. The van der Waals surface area contributed by atoms with E-state index in [2.05, 4.69) is 6.58 Å². The smallest absolute Gasteiger partial charge is 0.231 e. The summed E-state index contributed by atoms with van der Waals surface area (Å²) in [5.74, 6) is 1.59. The van der Waals surface area contributed by atoms with Gasteiger partial charge in [-0.3, -0.25) is 0 Å². The maximum atomic E-state index is 6.07. The molecule has 0 radical (unpaired) electrons. The van der Waals surface area contributed by atoms with Crippen LogP contribution in [0.2, 0.25) is 0 Å². The Morgan fingerprint density at radius 2 is 2.25 bits per heavy atom. The van der Waals surface area contributed by atoms with Gasteiger partial charge < -0.3 is 15.2 Å². The lowest BCUT2D eigenvalue weighted by Gasteiger charge is -2.12. The Bertz CT molecular complexity index is 368. The van der Waals surface area contributed by atoms with Gasteiger partial charge in [0.15, 0.2) is 11.5 Å². The first-order chi connectivity index (χ1) is 7.33. The maximum Gasteiger partial charge on any atom is 0.231 e. The largest absolute Gasteiger partial charge is 0.454 e. The van der Waals surface area contributed by atoms with Gasteiger partial charge >= 0.3 is 0 Å². The first-order valence-corrected chi connectivity index (χ1v) is 5.08. The van der Waals surface area contributed by atoms with E-state index >= 15 is 0 Å². The normalized spacial score (nSPS) is 14.1. The van der Waals surface area contributed by atoms with Crippen molar-refractivity contribution in [3.63, 3.8) is 0 Å². The Labute approximate surface area is 102 Å². The second-order valence-corrected chi connectivity index (χ2v) is 3.55. The second-order valence-electron chi connectivity index (χ2n) is 3.55. The maximum absolute atomic E-state index is 6.07. The molecule has 3 nitrogen and oxygen atoms in total. The molecule has 0 fully saturated rings. The lowest BCUT2D eigenvalue weighted by Crippen LogP contribution is -2.10. The summed E-state index contributed by atoms with van der Waals surface area (Å²) in [6.07, 6.45) is 3.66. The van der Waals surface area contributed by atoms with E-state index in [1.165, 1.54) is 0 Å². The van der Waals surface area contributed by atoms with Gasteiger partial charge in [-0.1, -0.05) is 18.2 Å². The van der Waals surface area contributed by atoms with Crippen molar-refractivity contribution >= 4 is 12.4 Å². The molecule has 0 spiro atoms. The van der Waals surface area contributed by atoms with Gasteiger partial charge in [0, 0.05) is 11.6 Å². The van der Waals surface area contributed by atoms with E-state index in [4.69, 9.17) is 15.2 Å². The summed E-state index contributed by atoms with van der Waals surface area (Å²) >= 11 is 0. The molecule has 1 aromatic rings. The highest BCUT2D eigenvalue weighted by Gasteiger charge is 2.20. The van der Waals surface area contributed by atoms with E-state index in [0.29, 0.717) is 6.79 Å². The highest BCUT2D eigenvalue weighted by atomic mass is 35.5. The fourth-order valence-electron chi connectivity index (χ4n) is 1.70. The minimum Gasteiger partial charge on any atom is -0.454 e. The quantitative estimate of drug-likeness (QED) is 0.825. The number of nitrogens with two attached hydrogens (primary N) is 1. The van der Waals surface area contributed by atoms with E-state index in [1.54, 1.807) is 0 Å². The predicted octanol–water partition coefficient (Wildman–Crippen LogP) is 2.80. The number of rotatable bonds is 4. The van der Waals surface area contributed by atoms with Crippen LogP contribution in [0.4, 0.5) is 0 Å². The van der Waals surface area contributed by atoms with Crippen molar-refractivity contribution in [1.29, 1.82) is 0 Å². The number of para-hydroxylation sites is 1. The molecule has 0 saturated heterocycles. The van der Waals surface area contributed by atoms with Crippen LogP contribution >= 0.6 is 12.4 Å². The zero-order chi connectivity index (χ0) is 10.7. The molecule has 0 aliphatic carbocycles. The second kappa shape index (κ2) is 5.77. The van der Waals surface area contributed by atoms with Gasteiger partial charge in [-0.2, -0.15) is 0 Å². The molecule has 1 aliphatic rings. The Hall–Kier alpha value is -1.19. The van der Waals surface area contributed by atoms with Crippen molar-refractivity contribution in [3.05, 3.63) is 36.4 Å². The summed E-state index contributed by atoms with van der Waals surface area (Å²) in [7, 11) is 0. The van der Waals surface area contributed by atoms with Crippen LogP contribution in [0.25, 0.3) is 0 Å². The molecule has 4 heteroatoms. The molecule has 2 N–H and O–H groups in total. The van der Waals surface area contributed by atoms with Crippen LogP contribution in [0.1, 0.15) is 24.4 Å². The fourth-order valence-corrected chi connectivity index (χ4v) is 1.70. The van der Waals surface area contributed by atoms with Gasteiger partial charge in [0.05, 0.1) is 0 Å². The van der Waals surface area contributed by atoms with E-state index in [-0.39, 0.29) is 18.4 Å². The van der Waals surface area contributed by atoms with E-state index in [0.717, 1.165) is 29.9 Å². The SMILES string of the molecule is C=CCC[C@H](N)c1cccc2c1OCO2.Cl. The number of benzene rings is 1. The molecule has 88 valence electrons. The van der Waals surface area contributed by atoms with Crippen LogP contribution in [0.15, 0.2) is 30.9 Å². The summed E-state index contributed by atoms with van der Waals surface area (Å²) in [4.78, 5) is 0. The zero-order valence-corrected chi connectivity index (χ0v) is 9.83. The lowest BCUT2D eigenvalue weighted by atomic mass is 10.0.